The molecular formula is C12H10N4S. The Hall–Kier alpha value is -2.01. The molecule has 0 saturated carbocycles. The monoisotopic (exact) mass is 242 g/mol. The highest BCUT2D eigenvalue weighted by Gasteiger charge is 1.99. The summed E-state index contributed by atoms with van der Waals surface area (Å²) >= 11 is 1.73. The minimum Gasteiger partial charge on any atom is -0.365 e. The van der Waals surface area contributed by atoms with Gasteiger partial charge in [0, 0.05) is 17.3 Å². The summed E-state index contributed by atoms with van der Waals surface area (Å²) in [6.07, 6.45) is 3.32. The minimum atomic E-state index is 0.670. The standard InChI is InChI=1S/C12H10N4S/c1-2-9(17-7-1)8-15-11-4-3-10-12(16-11)14-6-5-13-10/h1-7H,8H2,(H,14,15,16). The van der Waals surface area contributed by atoms with Crippen LogP contribution < -0.4 is 5.32 Å². The van der Waals surface area contributed by atoms with Crippen LogP contribution in [0.5, 0.6) is 0 Å². The van der Waals surface area contributed by atoms with Crippen molar-refractivity contribution in [3.05, 3.63) is 46.9 Å². The van der Waals surface area contributed by atoms with Crippen LogP contribution in [0.25, 0.3) is 11.2 Å². The molecule has 17 heavy (non-hydrogen) atoms. The molecule has 84 valence electrons. The third-order valence-corrected chi connectivity index (χ3v) is 3.23. The fourth-order valence-electron chi connectivity index (χ4n) is 1.54. The Morgan fingerprint density at radius 2 is 2.06 bits per heavy atom. The molecule has 1 N–H and O–H groups in total. The molecule has 0 aromatic carbocycles. The van der Waals surface area contributed by atoms with Crippen molar-refractivity contribution in [2.75, 3.05) is 5.32 Å². The Bertz CT molecular complexity index is 621. The summed E-state index contributed by atoms with van der Waals surface area (Å²) < 4.78 is 0. The maximum Gasteiger partial charge on any atom is 0.180 e. The number of nitrogens with zero attached hydrogens (tertiary/aromatic N) is 3. The highest BCUT2D eigenvalue weighted by Crippen LogP contribution is 2.13. The van der Waals surface area contributed by atoms with Gasteiger partial charge in [0.05, 0.1) is 6.54 Å². The van der Waals surface area contributed by atoms with Gasteiger partial charge in [-0.1, -0.05) is 6.07 Å². The molecule has 0 aliphatic rings. The molecule has 0 radical (unpaired) electrons. The molecule has 0 bridgehead atoms. The minimum absolute atomic E-state index is 0.670. The quantitative estimate of drug-likeness (QED) is 0.767. The van der Waals surface area contributed by atoms with Crippen molar-refractivity contribution in [1.29, 1.82) is 0 Å². The van der Waals surface area contributed by atoms with Crippen molar-refractivity contribution in [2.24, 2.45) is 0 Å². The Kier molecular flexibility index (Phi) is 2.67. The molecule has 0 aliphatic carbocycles. The van der Waals surface area contributed by atoms with Gasteiger partial charge in [-0.05, 0) is 23.6 Å². The van der Waals surface area contributed by atoms with Crippen LogP contribution in [0.2, 0.25) is 0 Å². The van der Waals surface area contributed by atoms with Gasteiger partial charge >= 0.3 is 0 Å². The van der Waals surface area contributed by atoms with Crippen LogP contribution in [-0.4, -0.2) is 15.0 Å². The number of rotatable bonds is 3. The molecule has 5 heteroatoms. The lowest BCUT2D eigenvalue weighted by atomic mass is 10.4. The maximum absolute atomic E-state index is 4.39. The molecule has 4 nitrogen and oxygen atoms in total. The van der Waals surface area contributed by atoms with Gasteiger partial charge in [-0.15, -0.1) is 11.3 Å². The van der Waals surface area contributed by atoms with E-state index in [1.165, 1.54) is 4.88 Å². The van der Waals surface area contributed by atoms with Crippen molar-refractivity contribution >= 4 is 28.3 Å². The number of hydrogen-bond acceptors (Lipinski definition) is 5. The van der Waals surface area contributed by atoms with E-state index in [0.29, 0.717) is 5.65 Å². The molecule has 0 aliphatic heterocycles. The Morgan fingerprint density at radius 1 is 1.12 bits per heavy atom. The number of hydrogen-bond donors (Lipinski definition) is 1. The zero-order chi connectivity index (χ0) is 11.5. The number of nitrogens with one attached hydrogen (secondary N) is 1. The van der Waals surface area contributed by atoms with Gasteiger partial charge in [-0.3, -0.25) is 4.98 Å². The van der Waals surface area contributed by atoms with Crippen molar-refractivity contribution in [1.82, 2.24) is 15.0 Å². The summed E-state index contributed by atoms with van der Waals surface area (Å²) in [6.45, 7) is 0.788. The van der Waals surface area contributed by atoms with Crippen LogP contribution in [-0.2, 0) is 6.54 Å². The van der Waals surface area contributed by atoms with Gasteiger partial charge in [-0.25, -0.2) is 9.97 Å². The van der Waals surface area contributed by atoms with Crippen LogP contribution in [0.15, 0.2) is 42.0 Å². The first-order valence-electron chi connectivity index (χ1n) is 5.26. The van der Waals surface area contributed by atoms with Crippen molar-refractivity contribution in [3.8, 4) is 0 Å². The smallest absolute Gasteiger partial charge is 0.180 e. The number of anilines is 1. The summed E-state index contributed by atoms with van der Waals surface area (Å²) in [5, 5.41) is 5.34. The Morgan fingerprint density at radius 3 is 2.94 bits per heavy atom. The van der Waals surface area contributed by atoms with E-state index < -0.39 is 0 Å². The summed E-state index contributed by atoms with van der Waals surface area (Å²) in [4.78, 5) is 14.0. The molecule has 3 aromatic heterocycles. The molecule has 0 amide bonds. The maximum atomic E-state index is 4.39. The van der Waals surface area contributed by atoms with Crippen LogP contribution in [0.1, 0.15) is 4.88 Å². The molecule has 0 atom stereocenters. The third-order valence-electron chi connectivity index (χ3n) is 2.36. The number of thiophene rings is 1. The molecule has 0 spiro atoms. The van der Waals surface area contributed by atoms with E-state index in [-0.39, 0.29) is 0 Å². The Balaban J connectivity index is 1.81. The largest absolute Gasteiger partial charge is 0.365 e. The van der Waals surface area contributed by atoms with Gasteiger partial charge in [0.15, 0.2) is 5.65 Å². The van der Waals surface area contributed by atoms with E-state index >= 15 is 0 Å². The van der Waals surface area contributed by atoms with E-state index in [2.05, 4.69) is 31.7 Å². The van der Waals surface area contributed by atoms with Crippen LogP contribution in [0, 0.1) is 0 Å². The average molecular weight is 242 g/mol. The Labute approximate surface area is 102 Å². The normalized spacial score (nSPS) is 10.6. The summed E-state index contributed by atoms with van der Waals surface area (Å²) in [7, 11) is 0. The summed E-state index contributed by atoms with van der Waals surface area (Å²) in [6, 6.07) is 7.98. The molecular weight excluding hydrogens is 232 g/mol. The fraction of sp³-hybridized carbons (Fsp3) is 0.0833. The first-order chi connectivity index (χ1) is 8.42. The number of aromatic nitrogens is 3. The van der Waals surface area contributed by atoms with E-state index in [1.54, 1.807) is 23.7 Å². The molecule has 0 saturated heterocycles. The van der Waals surface area contributed by atoms with Crippen LogP contribution in [0.3, 0.4) is 0 Å². The lowest BCUT2D eigenvalue weighted by molar-refractivity contribution is 1.14. The first kappa shape index (κ1) is 10.2. The predicted molar refractivity (Wildman–Crippen MR) is 69.0 cm³/mol. The van der Waals surface area contributed by atoms with Crippen LogP contribution in [0.4, 0.5) is 5.82 Å². The molecule has 3 aromatic rings. The highest BCUT2D eigenvalue weighted by molar-refractivity contribution is 7.09. The lowest BCUT2D eigenvalue weighted by Gasteiger charge is -2.04. The van der Waals surface area contributed by atoms with Crippen molar-refractivity contribution < 1.29 is 0 Å². The first-order valence-corrected chi connectivity index (χ1v) is 6.14. The van der Waals surface area contributed by atoms with Crippen molar-refractivity contribution in [3.63, 3.8) is 0 Å². The van der Waals surface area contributed by atoms with Gasteiger partial charge in [-0.2, -0.15) is 0 Å². The molecule has 0 fully saturated rings. The topological polar surface area (TPSA) is 50.7 Å². The number of fused-ring (bicyclic) bond motifs is 1. The highest BCUT2D eigenvalue weighted by atomic mass is 32.1. The van der Waals surface area contributed by atoms with Gasteiger partial charge in [0.2, 0.25) is 0 Å². The zero-order valence-corrected chi connectivity index (χ0v) is 9.81. The van der Waals surface area contributed by atoms with Crippen LogP contribution >= 0.6 is 11.3 Å². The lowest BCUT2D eigenvalue weighted by Crippen LogP contribution is -2.00. The fourth-order valence-corrected chi connectivity index (χ4v) is 2.19. The molecule has 0 unspecified atom stereocenters. The van der Waals surface area contributed by atoms with Gasteiger partial charge < -0.3 is 5.32 Å². The SMILES string of the molecule is c1csc(CNc2ccc3nccnc3n2)c1. The average Bonchev–Trinajstić information content (AvgIpc) is 2.89. The molecule has 3 rings (SSSR count). The van der Waals surface area contributed by atoms with Gasteiger partial charge in [0.1, 0.15) is 11.3 Å². The second-order valence-electron chi connectivity index (χ2n) is 3.53. The van der Waals surface area contributed by atoms with E-state index in [1.807, 2.05) is 18.2 Å². The van der Waals surface area contributed by atoms with E-state index in [4.69, 9.17) is 0 Å². The van der Waals surface area contributed by atoms with E-state index in [9.17, 15) is 0 Å². The summed E-state index contributed by atoms with van der Waals surface area (Å²) in [5.41, 5.74) is 1.48. The summed E-state index contributed by atoms with van der Waals surface area (Å²) in [5.74, 6) is 0.825. The number of pyridine rings is 1. The molecule has 3 heterocycles. The zero-order valence-electron chi connectivity index (χ0n) is 9.00. The second-order valence-corrected chi connectivity index (χ2v) is 4.56. The van der Waals surface area contributed by atoms with Gasteiger partial charge in [0.25, 0.3) is 0 Å². The van der Waals surface area contributed by atoms with Crippen molar-refractivity contribution in [2.45, 2.75) is 6.54 Å². The van der Waals surface area contributed by atoms with E-state index in [0.717, 1.165) is 17.9 Å². The third kappa shape index (κ3) is 2.24. The second kappa shape index (κ2) is 4.47. The predicted octanol–water partition coefficient (Wildman–Crippen LogP) is 2.70.